The summed E-state index contributed by atoms with van der Waals surface area (Å²) in [5.41, 5.74) is 0. The smallest absolute Gasteiger partial charge is 0.219 e. The molecule has 1 fully saturated rings. The van der Waals surface area contributed by atoms with Crippen LogP contribution in [0.3, 0.4) is 0 Å². The van der Waals surface area contributed by atoms with Crippen LogP contribution in [-0.2, 0) is 19.1 Å². The number of hydrogen-bond donors (Lipinski definition) is 0. The molecular formula is C15H14Cl4O4. The maximum absolute atomic E-state index is 12.5. The molecule has 0 amide bonds. The number of carbonyl (C=O) groups excluding carboxylic acids is 2. The molecule has 0 N–H and O–H groups in total. The molecule has 0 heterocycles. The van der Waals surface area contributed by atoms with Gasteiger partial charge in [0.1, 0.15) is 9.75 Å². The first-order valence-corrected chi connectivity index (χ1v) is 8.72. The Hall–Kier alpha value is -0.100. The van der Waals surface area contributed by atoms with Crippen LogP contribution in [0.4, 0.5) is 0 Å². The first kappa shape index (κ1) is 17.7. The van der Waals surface area contributed by atoms with E-state index in [4.69, 9.17) is 55.9 Å². The highest BCUT2D eigenvalue weighted by atomic mass is 35.5. The summed E-state index contributed by atoms with van der Waals surface area (Å²) in [7, 11) is 0. The van der Waals surface area contributed by atoms with Gasteiger partial charge in [0, 0.05) is 13.2 Å². The number of alkyl halides is 2. The number of fused-ring (bicyclic) bond motifs is 5. The van der Waals surface area contributed by atoms with E-state index >= 15 is 0 Å². The molecule has 0 unspecified atom stereocenters. The van der Waals surface area contributed by atoms with Crippen LogP contribution in [0.15, 0.2) is 22.2 Å². The third kappa shape index (κ3) is 1.73. The van der Waals surface area contributed by atoms with Gasteiger partial charge < -0.3 is 9.47 Å². The molecule has 0 aromatic heterocycles. The van der Waals surface area contributed by atoms with Crippen molar-refractivity contribution in [3.63, 3.8) is 0 Å². The van der Waals surface area contributed by atoms with Crippen LogP contribution in [0.1, 0.15) is 13.8 Å². The van der Waals surface area contributed by atoms with E-state index in [2.05, 4.69) is 0 Å². The minimum atomic E-state index is -1.70. The highest BCUT2D eigenvalue weighted by Gasteiger charge is 2.87. The van der Waals surface area contributed by atoms with Crippen LogP contribution in [0.25, 0.3) is 0 Å². The van der Waals surface area contributed by atoms with Crippen molar-refractivity contribution in [3.8, 4) is 0 Å². The molecule has 0 aromatic rings. The molecule has 1 saturated carbocycles. The van der Waals surface area contributed by atoms with Gasteiger partial charge in [-0.05, 0) is 26.0 Å². The molecule has 0 aliphatic heterocycles. The fraction of sp³-hybridized carbons (Fsp3) is 0.600. The van der Waals surface area contributed by atoms with Crippen LogP contribution >= 0.6 is 46.4 Å². The van der Waals surface area contributed by atoms with Crippen LogP contribution in [0.5, 0.6) is 0 Å². The zero-order valence-corrected chi connectivity index (χ0v) is 15.4. The summed E-state index contributed by atoms with van der Waals surface area (Å²) in [5, 5.41) is -0.00846. The standard InChI is InChI=1S/C15H14Cl4O4/c1-3-22-15(23-4-2)13(18)9-7(20)5-6-8(21)10(9)14(15,19)12(17)11(13)16/h5-6,9-10H,3-4H2,1-2H3/t9-,10-,13-,14-/m0/s1. The highest BCUT2D eigenvalue weighted by molar-refractivity contribution is 6.53. The van der Waals surface area contributed by atoms with E-state index in [9.17, 15) is 9.59 Å². The molecule has 4 atom stereocenters. The van der Waals surface area contributed by atoms with Gasteiger partial charge in [-0.1, -0.05) is 23.2 Å². The van der Waals surface area contributed by atoms with Crippen molar-refractivity contribution in [1.29, 1.82) is 0 Å². The molecule has 3 aliphatic rings. The maximum Gasteiger partial charge on any atom is 0.219 e. The molecule has 126 valence electrons. The Kier molecular flexibility index (Phi) is 4.20. The molecule has 2 bridgehead atoms. The van der Waals surface area contributed by atoms with Gasteiger partial charge in [-0.25, -0.2) is 0 Å². The zero-order valence-electron chi connectivity index (χ0n) is 12.4. The van der Waals surface area contributed by atoms with Gasteiger partial charge in [-0.15, -0.1) is 23.2 Å². The summed E-state index contributed by atoms with van der Waals surface area (Å²) < 4.78 is 11.6. The van der Waals surface area contributed by atoms with E-state index in [-0.39, 0.29) is 34.8 Å². The number of hydrogen-bond acceptors (Lipinski definition) is 4. The van der Waals surface area contributed by atoms with Crippen molar-refractivity contribution in [2.24, 2.45) is 11.8 Å². The van der Waals surface area contributed by atoms with Crippen molar-refractivity contribution in [1.82, 2.24) is 0 Å². The molecule has 4 nitrogen and oxygen atoms in total. The summed E-state index contributed by atoms with van der Waals surface area (Å²) in [6, 6.07) is 0. The monoisotopic (exact) mass is 398 g/mol. The molecule has 0 aromatic carbocycles. The average molecular weight is 400 g/mol. The molecule has 3 rings (SSSR count). The second-order valence-electron chi connectivity index (χ2n) is 5.63. The molecule has 0 radical (unpaired) electrons. The van der Waals surface area contributed by atoms with Crippen LogP contribution in [-0.4, -0.2) is 40.3 Å². The average Bonchev–Trinajstić information content (AvgIpc) is 2.75. The van der Waals surface area contributed by atoms with Gasteiger partial charge in [0.05, 0.1) is 21.9 Å². The van der Waals surface area contributed by atoms with Gasteiger partial charge in [0.15, 0.2) is 11.6 Å². The Morgan fingerprint density at radius 2 is 1.26 bits per heavy atom. The molecule has 0 saturated heterocycles. The number of allylic oxidation sites excluding steroid dienone is 2. The number of ketones is 2. The lowest BCUT2D eigenvalue weighted by molar-refractivity contribution is -0.245. The normalized spacial score (nSPS) is 41.0. The summed E-state index contributed by atoms with van der Waals surface area (Å²) in [5.74, 6) is -4.39. The SMILES string of the molecule is CCOC1(OCC)[C@@]2(Cl)C(Cl)=C(Cl)[C@@]1(Cl)[C@H]1C(=O)C=CC(=O)[C@@H]12. The fourth-order valence-electron chi connectivity index (χ4n) is 3.98. The third-order valence-corrected chi connectivity index (χ3v) is 7.31. The summed E-state index contributed by atoms with van der Waals surface area (Å²) >= 11 is 26.4. The predicted octanol–water partition coefficient (Wildman–Crippen LogP) is 3.37. The van der Waals surface area contributed by atoms with E-state index in [0.717, 1.165) is 0 Å². The number of ether oxygens (including phenoxy) is 2. The summed E-state index contributed by atoms with van der Waals surface area (Å²) in [6.45, 7) is 3.83. The fourth-order valence-corrected chi connectivity index (χ4v) is 6.07. The van der Waals surface area contributed by atoms with Gasteiger partial charge in [0.25, 0.3) is 0 Å². The Balaban J connectivity index is 2.34. The Morgan fingerprint density at radius 1 is 0.913 bits per heavy atom. The summed E-state index contributed by atoms with van der Waals surface area (Å²) in [6.07, 6.45) is 2.38. The second-order valence-corrected chi connectivity index (χ2v) is 7.58. The van der Waals surface area contributed by atoms with E-state index in [1.807, 2.05) is 0 Å². The van der Waals surface area contributed by atoms with E-state index in [1.54, 1.807) is 13.8 Å². The van der Waals surface area contributed by atoms with Crippen molar-refractivity contribution in [2.75, 3.05) is 13.2 Å². The van der Waals surface area contributed by atoms with E-state index in [0.29, 0.717) is 0 Å². The topological polar surface area (TPSA) is 52.6 Å². The first-order valence-electron chi connectivity index (χ1n) is 7.21. The lowest BCUT2D eigenvalue weighted by Gasteiger charge is -2.42. The number of rotatable bonds is 4. The van der Waals surface area contributed by atoms with E-state index < -0.39 is 27.4 Å². The number of carbonyl (C=O) groups is 2. The zero-order chi connectivity index (χ0) is 17.2. The van der Waals surface area contributed by atoms with Gasteiger partial charge in [0.2, 0.25) is 5.79 Å². The second kappa shape index (κ2) is 5.45. The third-order valence-electron chi connectivity index (χ3n) is 4.70. The minimum Gasteiger partial charge on any atom is -0.346 e. The van der Waals surface area contributed by atoms with Gasteiger partial charge in [-0.2, -0.15) is 0 Å². The minimum absolute atomic E-state index is 0.00423. The van der Waals surface area contributed by atoms with Crippen molar-refractivity contribution < 1.29 is 19.1 Å². The molecule has 3 aliphatic carbocycles. The molecular weight excluding hydrogens is 386 g/mol. The molecule has 8 heteroatoms. The van der Waals surface area contributed by atoms with Crippen molar-refractivity contribution in [2.45, 2.75) is 29.4 Å². The van der Waals surface area contributed by atoms with Crippen molar-refractivity contribution in [3.05, 3.63) is 22.2 Å². The molecule has 0 spiro atoms. The predicted molar refractivity (Wildman–Crippen MR) is 88.0 cm³/mol. The highest BCUT2D eigenvalue weighted by Crippen LogP contribution is 2.74. The first-order chi connectivity index (χ1) is 10.7. The summed E-state index contributed by atoms with van der Waals surface area (Å²) in [4.78, 5) is 21.7. The Bertz CT molecular complexity index is 604. The van der Waals surface area contributed by atoms with Crippen LogP contribution < -0.4 is 0 Å². The van der Waals surface area contributed by atoms with Gasteiger partial charge in [-0.3, -0.25) is 9.59 Å². The van der Waals surface area contributed by atoms with Crippen molar-refractivity contribution >= 4 is 58.0 Å². The van der Waals surface area contributed by atoms with Crippen LogP contribution in [0.2, 0.25) is 0 Å². The quantitative estimate of drug-likeness (QED) is 0.537. The van der Waals surface area contributed by atoms with E-state index in [1.165, 1.54) is 12.2 Å². The Labute approximate surface area is 153 Å². The molecule has 23 heavy (non-hydrogen) atoms. The maximum atomic E-state index is 12.5. The largest absolute Gasteiger partial charge is 0.346 e. The number of halogens is 4. The van der Waals surface area contributed by atoms with Crippen LogP contribution in [0, 0.1) is 11.8 Å². The lowest BCUT2D eigenvalue weighted by Crippen LogP contribution is -2.59. The van der Waals surface area contributed by atoms with Gasteiger partial charge >= 0.3 is 0 Å². The Morgan fingerprint density at radius 3 is 1.57 bits per heavy atom. The lowest BCUT2D eigenvalue weighted by atomic mass is 9.74.